The zero-order valence-corrected chi connectivity index (χ0v) is 15.9. The second-order valence-corrected chi connectivity index (χ2v) is 6.06. The molecule has 0 bridgehead atoms. The van der Waals surface area contributed by atoms with E-state index in [1.807, 2.05) is 0 Å². The van der Waals surface area contributed by atoms with Gasteiger partial charge in [0, 0.05) is 23.1 Å². The molecule has 2 aromatic carbocycles. The Balaban J connectivity index is 2.33. The van der Waals surface area contributed by atoms with Crippen LogP contribution in [0, 0.1) is 0 Å². The highest BCUT2D eigenvalue weighted by atomic mass is 16.5. The second-order valence-electron chi connectivity index (χ2n) is 6.06. The first-order valence-electron chi connectivity index (χ1n) is 8.73. The van der Waals surface area contributed by atoms with Crippen molar-refractivity contribution >= 4 is 16.9 Å². The van der Waals surface area contributed by atoms with Gasteiger partial charge in [0.1, 0.15) is 23.8 Å². The first-order chi connectivity index (χ1) is 13.5. The number of aromatic nitrogens is 1. The molecular formula is C21H21NO6. The van der Waals surface area contributed by atoms with E-state index in [1.54, 1.807) is 37.3 Å². The van der Waals surface area contributed by atoms with Crippen molar-refractivity contribution in [2.24, 2.45) is 0 Å². The number of nitrogens with zero attached hydrogens (tertiary/aromatic N) is 1. The average Bonchev–Trinajstić information content (AvgIpc) is 2.70. The lowest BCUT2D eigenvalue weighted by molar-refractivity contribution is -0.143. The number of carbonyl (C=O) groups excluding carboxylic acids is 1. The van der Waals surface area contributed by atoms with E-state index in [1.165, 1.54) is 30.9 Å². The van der Waals surface area contributed by atoms with Crippen molar-refractivity contribution in [3.8, 4) is 28.4 Å². The summed E-state index contributed by atoms with van der Waals surface area (Å²) in [6, 6.07) is 11.4. The topological polar surface area (TPSA) is 87.0 Å². The second kappa shape index (κ2) is 8.04. The van der Waals surface area contributed by atoms with Crippen molar-refractivity contribution in [1.82, 2.24) is 4.57 Å². The average molecular weight is 383 g/mol. The van der Waals surface area contributed by atoms with Gasteiger partial charge in [0.2, 0.25) is 0 Å². The van der Waals surface area contributed by atoms with Gasteiger partial charge in [0.15, 0.2) is 0 Å². The van der Waals surface area contributed by atoms with Crippen LogP contribution in [-0.4, -0.2) is 36.5 Å². The molecular weight excluding hydrogens is 362 g/mol. The van der Waals surface area contributed by atoms with Crippen LogP contribution in [0.4, 0.5) is 0 Å². The molecule has 0 atom stereocenters. The molecule has 0 saturated heterocycles. The molecule has 0 radical (unpaired) electrons. The van der Waals surface area contributed by atoms with Gasteiger partial charge in [-0.15, -0.1) is 0 Å². The Morgan fingerprint density at radius 2 is 1.79 bits per heavy atom. The molecule has 1 N–H and O–H groups in total. The molecule has 28 heavy (non-hydrogen) atoms. The lowest BCUT2D eigenvalue weighted by atomic mass is 10.0. The Kier molecular flexibility index (Phi) is 5.54. The smallest absolute Gasteiger partial charge is 0.326 e. The molecule has 0 saturated carbocycles. The number of phenols is 1. The van der Waals surface area contributed by atoms with Crippen molar-refractivity contribution in [2.75, 3.05) is 20.8 Å². The van der Waals surface area contributed by atoms with Crippen molar-refractivity contribution in [3.63, 3.8) is 0 Å². The third-order valence-corrected chi connectivity index (χ3v) is 4.38. The van der Waals surface area contributed by atoms with E-state index in [4.69, 9.17) is 14.2 Å². The molecule has 0 spiro atoms. The fourth-order valence-corrected chi connectivity index (χ4v) is 3.04. The summed E-state index contributed by atoms with van der Waals surface area (Å²) in [5.41, 5.74) is 1.12. The summed E-state index contributed by atoms with van der Waals surface area (Å²) in [7, 11) is 3.04. The summed E-state index contributed by atoms with van der Waals surface area (Å²) in [5.74, 6) is 0.583. The van der Waals surface area contributed by atoms with Gasteiger partial charge in [-0.3, -0.25) is 14.2 Å². The number of benzene rings is 2. The third kappa shape index (κ3) is 3.64. The van der Waals surface area contributed by atoms with Crippen LogP contribution >= 0.6 is 0 Å². The minimum absolute atomic E-state index is 0.0960. The molecule has 3 rings (SSSR count). The third-order valence-electron chi connectivity index (χ3n) is 4.38. The fourth-order valence-electron chi connectivity index (χ4n) is 3.04. The summed E-state index contributed by atoms with van der Waals surface area (Å²) in [6.07, 6.45) is 0. The Hall–Kier alpha value is -3.48. The number of esters is 1. The monoisotopic (exact) mass is 383 g/mol. The predicted octanol–water partition coefficient (Wildman–Crippen LogP) is 2.95. The van der Waals surface area contributed by atoms with Crippen molar-refractivity contribution in [3.05, 3.63) is 52.8 Å². The zero-order chi connectivity index (χ0) is 20.3. The molecule has 0 aliphatic carbocycles. The van der Waals surface area contributed by atoms with E-state index in [2.05, 4.69) is 0 Å². The summed E-state index contributed by atoms with van der Waals surface area (Å²) >= 11 is 0. The van der Waals surface area contributed by atoms with Gasteiger partial charge in [-0.05, 0) is 30.7 Å². The van der Waals surface area contributed by atoms with E-state index in [9.17, 15) is 14.7 Å². The maximum atomic E-state index is 13.2. The number of ether oxygens (including phenoxy) is 3. The Morgan fingerprint density at radius 3 is 2.39 bits per heavy atom. The maximum Gasteiger partial charge on any atom is 0.326 e. The molecule has 1 heterocycles. The van der Waals surface area contributed by atoms with E-state index in [0.29, 0.717) is 33.5 Å². The van der Waals surface area contributed by atoms with E-state index < -0.39 is 5.97 Å². The number of fused-ring (bicyclic) bond motifs is 1. The van der Waals surface area contributed by atoms with E-state index in [0.717, 1.165) is 0 Å². The Labute approximate surface area is 161 Å². The van der Waals surface area contributed by atoms with Crippen molar-refractivity contribution in [2.45, 2.75) is 13.5 Å². The Bertz CT molecular complexity index is 1070. The van der Waals surface area contributed by atoms with E-state index >= 15 is 0 Å². The fraction of sp³-hybridized carbons (Fsp3) is 0.238. The van der Waals surface area contributed by atoms with Crippen LogP contribution in [0.25, 0.3) is 22.0 Å². The minimum Gasteiger partial charge on any atom is -0.508 e. The normalized spacial score (nSPS) is 10.7. The molecule has 1 aromatic heterocycles. The maximum absolute atomic E-state index is 13.2. The number of hydrogen-bond acceptors (Lipinski definition) is 6. The zero-order valence-electron chi connectivity index (χ0n) is 15.9. The summed E-state index contributed by atoms with van der Waals surface area (Å²) < 4.78 is 17.2. The van der Waals surface area contributed by atoms with Crippen LogP contribution < -0.4 is 15.0 Å². The van der Waals surface area contributed by atoms with Gasteiger partial charge >= 0.3 is 5.97 Å². The summed E-state index contributed by atoms with van der Waals surface area (Å²) in [5, 5.41) is 10.2. The largest absolute Gasteiger partial charge is 0.508 e. The number of rotatable bonds is 6. The van der Waals surface area contributed by atoms with Crippen LogP contribution in [-0.2, 0) is 16.1 Å². The lowest BCUT2D eigenvalue weighted by Gasteiger charge is -2.16. The molecule has 0 aliphatic rings. The van der Waals surface area contributed by atoms with Crippen molar-refractivity contribution in [1.29, 1.82) is 0 Å². The molecule has 3 aromatic rings. The molecule has 7 nitrogen and oxygen atoms in total. The quantitative estimate of drug-likeness (QED) is 0.659. The number of pyridine rings is 1. The number of phenolic OH excluding ortho intramolecular Hbond substituents is 1. The van der Waals surface area contributed by atoms with Gasteiger partial charge in [0.05, 0.1) is 26.3 Å². The predicted molar refractivity (Wildman–Crippen MR) is 105 cm³/mol. The SMILES string of the molecule is CCOC(=O)Cn1c(=O)c(-c2ccc(O)cc2)cc2c(OC)cc(OC)cc21. The van der Waals surface area contributed by atoms with Crippen LogP contribution in [0.15, 0.2) is 47.3 Å². The number of methoxy groups -OCH3 is 2. The van der Waals surface area contributed by atoms with Crippen LogP contribution in [0.3, 0.4) is 0 Å². The van der Waals surface area contributed by atoms with Crippen LogP contribution in [0.1, 0.15) is 6.92 Å². The number of hydrogen-bond donors (Lipinski definition) is 1. The van der Waals surface area contributed by atoms with Crippen LogP contribution in [0.2, 0.25) is 0 Å². The van der Waals surface area contributed by atoms with Gasteiger partial charge in [-0.2, -0.15) is 0 Å². The van der Waals surface area contributed by atoms with Crippen molar-refractivity contribution < 1.29 is 24.1 Å². The molecule has 0 amide bonds. The molecule has 0 unspecified atom stereocenters. The van der Waals surface area contributed by atoms with E-state index in [-0.39, 0.29) is 24.5 Å². The highest BCUT2D eigenvalue weighted by molar-refractivity contribution is 5.91. The Morgan fingerprint density at radius 1 is 1.07 bits per heavy atom. The van der Waals surface area contributed by atoms with Gasteiger partial charge in [-0.1, -0.05) is 12.1 Å². The summed E-state index contributed by atoms with van der Waals surface area (Å²) in [6.45, 7) is 1.68. The summed E-state index contributed by atoms with van der Waals surface area (Å²) in [4.78, 5) is 25.4. The van der Waals surface area contributed by atoms with Gasteiger partial charge in [0.25, 0.3) is 5.56 Å². The van der Waals surface area contributed by atoms with Gasteiger partial charge in [-0.25, -0.2) is 0 Å². The number of aromatic hydroxyl groups is 1. The highest BCUT2D eigenvalue weighted by Gasteiger charge is 2.18. The molecule has 0 fully saturated rings. The highest BCUT2D eigenvalue weighted by Crippen LogP contribution is 2.33. The van der Waals surface area contributed by atoms with Crippen LogP contribution in [0.5, 0.6) is 17.2 Å². The lowest BCUT2D eigenvalue weighted by Crippen LogP contribution is -2.27. The molecule has 0 aliphatic heterocycles. The first kappa shape index (κ1) is 19.3. The first-order valence-corrected chi connectivity index (χ1v) is 8.73. The molecule has 146 valence electrons. The van der Waals surface area contributed by atoms with Gasteiger partial charge < -0.3 is 19.3 Å². The number of carbonyl (C=O) groups is 1. The minimum atomic E-state index is -0.518. The standard InChI is InChI=1S/C21H21NO6/c1-4-28-20(24)12-22-18-9-15(26-2)10-19(27-3)17(18)11-16(21(22)25)13-5-7-14(23)8-6-13/h5-11,23H,4,12H2,1-3H3. The molecule has 7 heteroatoms.